The summed E-state index contributed by atoms with van der Waals surface area (Å²) in [4.78, 5) is 25.4. The van der Waals surface area contributed by atoms with Crippen LogP contribution in [0.5, 0.6) is 11.5 Å². The van der Waals surface area contributed by atoms with Crippen molar-refractivity contribution in [2.75, 3.05) is 27.4 Å². The lowest BCUT2D eigenvalue weighted by Crippen LogP contribution is -2.22. The molecule has 2 atom stereocenters. The summed E-state index contributed by atoms with van der Waals surface area (Å²) in [6, 6.07) is 4.83. The maximum atomic E-state index is 13.0. The number of ether oxygens (including phenoxy) is 4. The van der Waals surface area contributed by atoms with Crippen LogP contribution >= 0.6 is 0 Å². The molecule has 196 valence electrons. The second-order valence-corrected chi connectivity index (χ2v) is 10.3. The fourth-order valence-corrected chi connectivity index (χ4v) is 5.77. The quantitative estimate of drug-likeness (QED) is 0.151. The average molecular weight is 489 g/mol. The first-order valence-corrected chi connectivity index (χ1v) is 13.6. The van der Waals surface area contributed by atoms with Gasteiger partial charge in [-0.3, -0.25) is 4.79 Å². The Kier molecular flexibility index (Phi) is 11.4. The Balaban J connectivity index is 1.51. The van der Waals surface area contributed by atoms with Crippen LogP contribution in [0.2, 0.25) is 0 Å². The zero-order valence-electron chi connectivity index (χ0n) is 21.9. The van der Waals surface area contributed by atoms with Gasteiger partial charge in [0, 0.05) is 13.7 Å². The first-order chi connectivity index (χ1) is 17.0. The molecule has 0 heterocycles. The molecule has 2 fully saturated rings. The maximum absolute atomic E-state index is 13.0. The minimum atomic E-state index is -0.415. The molecular weight excluding hydrogens is 444 g/mol. The summed E-state index contributed by atoms with van der Waals surface area (Å²) in [5, 5.41) is 0. The highest BCUT2D eigenvalue weighted by molar-refractivity contribution is 5.90. The summed E-state index contributed by atoms with van der Waals surface area (Å²) < 4.78 is 21.5. The van der Waals surface area contributed by atoms with E-state index in [0.717, 1.165) is 56.3 Å². The molecule has 2 aliphatic rings. The molecule has 0 amide bonds. The highest BCUT2D eigenvalue weighted by Crippen LogP contribution is 2.41. The monoisotopic (exact) mass is 488 g/mol. The molecule has 0 bridgehead atoms. The van der Waals surface area contributed by atoms with Gasteiger partial charge in [0.1, 0.15) is 0 Å². The van der Waals surface area contributed by atoms with Crippen LogP contribution in [0.15, 0.2) is 18.2 Å². The van der Waals surface area contributed by atoms with E-state index in [4.69, 9.17) is 18.9 Å². The van der Waals surface area contributed by atoms with E-state index < -0.39 is 5.97 Å². The van der Waals surface area contributed by atoms with Gasteiger partial charge in [-0.05, 0) is 80.9 Å². The van der Waals surface area contributed by atoms with E-state index in [9.17, 15) is 9.59 Å². The summed E-state index contributed by atoms with van der Waals surface area (Å²) in [5.74, 6) is 2.55. The lowest BCUT2D eigenvalue weighted by Gasteiger charge is -2.33. The third kappa shape index (κ3) is 8.23. The fraction of sp³-hybridized carbons (Fsp3) is 0.724. The van der Waals surface area contributed by atoms with Crippen LogP contribution in [-0.4, -0.2) is 39.4 Å². The topological polar surface area (TPSA) is 71.1 Å². The van der Waals surface area contributed by atoms with Crippen LogP contribution < -0.4 is 9.47 Å². The summed E-state index contributed by atoms with van der Waals surface area (Å²) >= 11 is 0. The molecule has 6 nitrogen and oxygen atoms in total. The molecule has 2 saturated carbocycles. The van der Waals surface area contributed by atoms with Crippen LogP contribution in [0.1, 0.15) is 94.3 Å². The molecule has 35 heavy (non-hydrogen) atoms. The van der Waals surface area contributed by atoms with Crippen molar-refractivity contribution in [1.82, 2.24) is 0 Å². The second-order valence-electron chi connectivity index (χ2n) is 10.3. The number of esters is 2. The SMILES string of the molecule is CCC1CCC(C2CCCC(C(=O)Oc3ccc(C(=O)OCCCCOC)cc3OC)CC2)CC1. The lowest BCUT2D eigenvalue weighted by atomic mass is 9.73. The van der Waals surface area contributed by atoms with Crippen molar-refractivity contribution in [3.8, 4) is 11.5 Å². The Bertz CT molecular complexity index is 798. The number of rotatable bonds is 11. The Morgan fingerprint density at radius 1 is 0.857 bits per heavy atom. The van der Waals surface area contributed by atoms with Crippen molar-refractivity contribution >= 4 is 11.9 Å². The van der Waals surface area contributed by atoms with E-state index in [2.05, 4.69) is 6.92 Å². The van der Waals surface area contributed by atoms with Crippen LogP contribution in [0.3, 0.4) is 0 Å². The third-order valence-corrected chi connectivity index (χ3v) is 8.07. The fourth-order valence-electron chi connectivity index (χ4n) is 5.77. The van der Waals surface area contributed by atoms with Gasteiger partial charge in [0.25, 0.3) is 0 Å². The van der Waals surface area contributed by atoms with E-state index in [1.54, 1.807) is 25.3 Å². The van der Waals surface area contributed by atoms with E-state index >= 15 is 0 Å². The number of methoxy groups -OCH3 is 2. The van der Waals surface area contributed by atoms with E-state index in [-0.39, 0.29) is 11.9 Å². The highest BCUT2D eigenvalue weighted by Gasteiger charge is 2.32. The normalized spacial score (nSPS) is 24.9. The van der Waals surface area contributed by atoms with Gasteiger partial charge >= 0.3 is 11.9 Å². The first kappa shape index (κ1) is 27.5. The molecular formula is C29H44O6. The summed E-state index contributed by atoms with van der Waals surface area (Å²) in [5.41, 5.74) is 0.378. The third-order valence-electron chi connectivity index (χ3n) is 8.07. The first-order valence-electron chi connectivity index (χ1n) is 13.6. The number of benzene rings is 1. The second kappa shape index (κ2) is 14.5. The molecule has 0 aromatic heterocycles. The molecule has 0 aliphatic heterocycles. The predicted octanol–water partition coefficient (Wildman–Crippen LogP) is 6.60. The van der Waals surface area contributed by atoms with Crippen molar-refractivity contribution < 1.29 is 28.5 Å². The van der Waals surface area contributed by atoms with E-state index in [0.29, 0.717) is 30.3 Å². The number of carbonyl (C=O) groups is 2. The molecule has 0 saturated heterocycles. The van der Waals surface area contributed by atoms with Gasteiger partial charge < -0.3 is 18.9 Å². The van der Waals surface area contributed by atoms with Crippen LogP contribution in [0.25, 0.3) is 0 Å². The molecule has 3 rings (SSSR count). The van der Waals surface area contributed by atoms with Gasteiger partial charge in [-0.1, -0.05) is 39.0 Å². The van der Waals surface area contributed by atoms with Gasteiger partial charge in [-0.15, -0.1) is 0 Å². The zero-order chi connectivity index (χ0) is 25.0. The average Bonchev–Trinajstić information content (AvgIpc) is 3.15. The van der Waals surface area contributed by atoms with Crippen molar-refractivity contribution in [3.05, 3.63) is 23.8 Å². The van der Waals surface area contributed by atoms with Crippen molar-refractivity contribution in [3.63, 3.8) is 0 Å². The number of hydrogen-bond donors (Lipinski definition) is 0. The van der Waals surface area contributed by atoms with Gasteiger partial charge in [-0.2, -0.15) is 0 Å². The Morgan fingerprint density at radius 2 is 1.57 bits per heavy atom. The minimum absolute atomic E-state index is 0.0755. The lowest BCUT2D eigenvalue weighted by molar-refractivity contribution is -0.139. The smallest absolute Gasteiger partial charge is 0.338 e. The highest BCUT2D eigenvalue weighted by atomic mass is 16.6. The molecule has 1 aromatic carbocycles. The maximum Gasteiger partial charge on any atom is 0.338 e. The molecule has 1 aromatic rings. The van der Waals surface area contributed by atoms with Gasteiger partial charge in [-0.25, -0.2) is 4.79 Å². The zero-order valence-corrected chi connectivity index (χ0v) is 21.9. The van der Waals surface area contributed by atoms with Crippen LogP contribution in [0.4, 0.5) is 0 Å². The van der Waals surface area contributed by atoms with Gasteiger partial charge in [0.05, 0.1) is 25.2 Å². The molecule has 0 radical (unpaired) electrons. The van der Waals surface area contributed by atoms with Crippen molar-refractivity contribution in [2.24, 2.45) is 23.7 Å². The molecule has 0 spiro atoms. The Hall–Kier alpha value is -2.08. The number of unbranched alkanes of at least 4 members (excludes halogenated alkanes) is 1. The van der Waals surface area contributed by atoms with Crippen LogP contribution in [-0.2, 0) is 14.3 Å². The van der Waals surface area contributed by atoms with Crippen LogP contribution in [0, 0.1) is 23.7 Å². The standard InChI is InChI=1S/C29H44O6/c1-4-21-10-12-23(13-11-21)22-8-7-9-24(15-14-22)29(31)35-26-17-16-25(20-27(26)33-3)28(30)34-19-6-5-18-32-2/h16-17,20-24H,4-15,18-19H2,1-3H3. The predicted molar refractivity (Wildman–Crippen MR) is 136 cm³/mol. The Morgan fingerprint density at radius 3 is 2.29 bits per heavy atom. The van der Waals surface area contributed by atoms with Crippen molar-refractivity contribution in [1.29, 1.82) is 0 Å². The summed E-state index contributed by atoms with van der Waals surface area (Å²) in [6.45, 7) is 3.30. The minimum Gasteiger partial charge on any atom is -0.493 e. The summed E-state index contributed by atoms with van der Waals surface area (Å²) in [6.07, 6.45) is 13.6. The van der Waals surface area contributed by atoms with Gasteiger partial charge in [0.2, 0.25) is 0 Å². The van der Waals surface area contributed by atoms with Crippen molar-refractivity contribution in [2.45, 2.75) is 84.0 Å². The van der Waals surface area contributed by atoms with E-state index in [1.807, 2.05) is 0 Å². The molecule has 2 aliphatic carbocycles. The Labute approximate surface area is 211 Å². The largest absolute Gasteiger partial charge is 0.493 e. The molecule has 0 N–H and O–H groups in total. The number of carbonyl (C=O) groups excluding carboxylic acids is 2. The van der Waals surface area contributed by atoms with Gasteiger partial charge in [0.15, 0.2) is 11.5 Å². The molecule has 6 heteroatoms. The molecule has 2 unspecified atom stereocenters. The summed E-state index contributed by atoms with van der Waals surface area (Å²) in [7, 11) is 3.16. The number of hydrogen-bond acceptors (Lipinski definition) is 6. The van der Waals surface area contributed by atoms with E-state index in [1.165, 1.54) is 45.6 Å².